The highest BCUT2D eigenvalue weighted by Gasteiger charge is 2.67. The molecule has 0 bridgehead atoms. The lowest BCUT2D eigenvalue weighted by Gasteiger charge is -2.62. The molecule has 0 aromatic rings. The number of aliphatic hydroxyl groups is 1. The van der Waals surface area contributed by atoms with Gasteiger partial charge >= 0.3 is 5.97 Å². The van der Waals surface area contributed by atoms with Gasteiger partial charge in [0, 0.05) is 11.5 Å². The average molecular weight is 379 g/mol. The molecule has 4 aliphatic carbocycles. The number of hydrogen-bond donors (Lipinski definition) is 1. The van der Waals surface area contributed by atoms with Crippen LogP contribution in [0.25, 0.3) is 0 Å². The van der Waals surface area contributed by atoms with Gasteiger partial charge in [-0.3, -0.25) is 0 Å². The number of carbonyl (C=O) groups excluding carboxylic acids is 1. The van der Waals surface area contributed by atoms with Crippen molar-refractivity contribution in [2.45, 2.75) is 83.4 Å². The summed E-state index contributed by atoms with van der Waals surface area (Å²) in [6.07, 6.45) is 11.5. The maximum Gasteiger partial charge on any atom is 0.330 e. The van der Waals surface area contributed by atoms with Crippen molar-refractivity contribution in [2.24, 2.45) is 34.5 Å². The zero-order valence-electron chi connectivity index (χ0n) is 17.0. The van der Waals surface area contributed by atoms with Gasteiger partial charge < -0.3 is 9.84 Å². The van der Waals surface area contributed by atoms with Gasteiger partial charge in [-0.15, -0.1) is 0 Å². The summed E-state index contributed by atoms with van der Waals surface area (Å²) < 4.78 is 21.5. The molecule has 4 fully saturated rings. The van der Waals surface area contributed by atoms with Crippen LogP contribution < -0.4 is 0 Å². The third-order valence-electron chi connectivity index (χ3n) is 9.48. The number of allylic oxidation sites excluding steroid dienone is 1. The summed E-state index contributed by atoms with van der Waals surface area (Å²) in [6, 6.07) is 0. The molecule has 4 saturated carbocycles. The van der Waals surface area contributed by atoms with Gasteiger partial charge in [-0.2, -0.15) is 0 Å². The number of ether oxygens (including phenoxy) is 1. The minimum atomic E-state index is -1.13. The average Bonchev–Trinajstić information content (AvgIpc) is 2.91. The minimum absolute atomic E-state index is 0.112. The number of fused-ring (bicyclic) bond motifs is 5. The first-order valence-corrected chi connectivity index (χ1v) is 10.9. The van der Waals surface area contributed by atoms with E-state index in [1.54, 1.807) is 0 Å². The first kappa shape index (κ1) is 19.4. The van der Waals surface area contributed by atoms with Gasteiger partial charge in [0.15, 0.2) is 0 Å². The molecule has 1 N–H and O–H groups in total. The highest BCUT2D eigenvalue weighted by Crippen LogP contribution is 2.70. The first-order valence-electron chi connectivity index (χ1n) is 10.9. The Labute approximate surface area is 162 Å². The zero-order valence-corrected chi connectivity index (χ0v) is 17.0. The van der Waals surface area contributed by atoms with Crippen LogP contribution in [0.2, 0.25) is 0 Å². The van der Waals surface area contributed by atoms with Crippen LogP contribution in [0.15, 0.2) is 12.2 Å². The van der Waals surface area contributed by atoms with Crippen LogP contribution in [0, 0.1) is 34.5 Å². The van der Waals surface area contributed by atoms with Crippen molar-refractivity contribution in [3.8, 4) is 0 Å². The fraction of sp³-hybridized carbons (Fsp3) is 0.870. The molecule has 8 atom stereocenters. The molecule has 27 heavy (non-hydrogen) atoms. The topological polar surface area (TPSA) is 46.5 Å². The van der Waals surface area contributed by atoms with Crippen LogP contribution in [-0.4, -0.2) is 30.0 Å². The number of methoxy groups -OCH3 is 1. The lowest BCUT2D eigenvalue weighted by Crippen LogP contribution is -2.60. The zero-order chi connectivity index (χ0) is 19.4. The van der Waals surface area contributed by atoms with E-state index in [0.29, 0.717) is 18.3 Å². The molecule has 0 unspecified atom stereocenters. The van der Waals surface area contributed by atoms with Crippen LogP contribution in [0.5, 0.6) is 0 Å². The standard InChI is InChI=1S/C23H35FO3/c1-21-11-9-17(25)14-16(21)4-6-19-18(21)10-12-22(2)15(5-7-20(26)27-3)8-13-23(19,22)24/h5,7,15-19,25H,4,6,8-14H2,1-3H3/b7-5+/t15-,16-,17+,18+,19-,21+,22-,23+/m1/s1. The maximum atomic E-state index is 16.7. The Morgan fingerprint density at radius 1 is 1.07 bits per heavy atom. The van der Waals surface area contributed by atoms with Gasteiger partial charge in [0.2, 0.25) is 0 Å². The van der Waals surface area contributed by atoms with Gasteiger partial charge in [0.1, 0.15) is 5.67 Å². The van der Waals surface area contributed by atoms with E-state index in [2.05, 4.69) is 13.8 Å². The highest BCUT2D eigenvalue weighted by atomic mass is 19.1. The maximum absolute atomic E-state index is 16.7. The number of carbonyl (C=O) groups is 1. The van der Waals surface area contributed by atoms with Crippen molar-refractivity contribution in [3.63, 3.8) is 0 Å². The Morgan fingerprint density at radius 2 is 1.85 bits per heavy atom. The van der Waals surface area contributed by atoms with E-state index < -0.39 is 5.67 Å². The second-order valence-electron chi connectivity index (χ2n) is 10.3. The first-order chi connectivity index (χ1) is 12.7. The number of alkyl halides is 1. The fourth-order valence-corrected chi connectivity index (χ4v) is 7.76. The SMILES string of the molecule is COC(=O)/C=C/[C@@H]1CC[C@]2(F)[C@@H]3CC[C@@H]4C[C@@H](O)CC[C@]4(C)[C@H]3CC[C@]12C. The van der Waals surface area contributed by atoms with Gasteiger partial charge in [-0.25, -0.2) is 9.18 Å². The van der Waals surface area contributed by atoms with E-state index in [0.717, 1.165) is 51.4 Å². The van der Waals surface area contributed by atoms with Gasteiger partial charge in [-0.05, 0) is 86.9 Å². The van der Waals surface area contributed by atoms with Crippen LogP contribution >= 0.6 is 0 Å². The lowest BCUT2D eigenvalue weighted by molar-refractivity contribution is -0.174. The Balaban J connectivity index is 1.60. The molecule has 0 heterocycles. The summed E-state index contributed by atoms with van der Waals surface area (Å²) in [5, 5.41) is 10.1. The van der Waals surface area contributed by atoms with E-state index in [1.165, 1.54) is 13.2 Å². The third kappa shape index (κ3) is 2.73. The summed E-state index contributed by atoms with van der Waals surface area (Å²) in [7, 11) is 1.38. The van der Waals surface area contributed by atoms with E-state index in [9.17, 15) is 9.90 Å². The largest absolute Gasteiger partial charge is 0.466 e. The van der Waals surface area contributed by atoms with Gasteiger partial charge in [0.25, 0.3) is 0 Å². The number of hydrogen-bond acceptors (Lipinski definition) is 3. The van der Waals surface area contributed by atoms with Crippen LogP contribution in [0.3, 0.4) is 0 Å². The molecule has 0 aromatic carbocycles. The number of rotatable bonds is 2. The Morgan fingerprint density at radius 3 is 2.59 bits per heavy atom. The lowest BCUT2D eigenvalue weighted by atomic mass is 9.44. The fourth-order valence-electron chi connectivity index (χ4n) is 7.76. The summed E-state index contributed by atoms with van der Waals surface area (Å²) >= 11 is 0. The molecular formula is C23H35FO3. The van der Waals surface area contributed by atoms with Crippen LogP contribution in [-0.2, 0) is 9.53 Å². The van der Waals surface area contributed by atoms with Gasteiger partial charge in [0.05, 0.1) is 13.2 Å². The predicted molar refractivity (Wildman–Crippen MR) is 103 cm³/mol. The molecule has 0 saturated heterocycles. The molecule has 4 rings (SSSR count). The Bertz CT molecular complexity index is 633. The molecule has 0 radical (unpaired) electrons. The molecule has 3 nitrogen and oxygen atoms in total. The summed E-state index contributed by atoms with van der Waals surface area (Å²) in [5.41, 5.74) is -1.33. The molecule has 152 valence electrons. The number of aliphatic hydroxyl groups excluding tert-OH is 1. The quantitative estimate of drug-likeness (QED) is 0.553. The molecule has 0 aromatic heterocycles. The molecule has 0 aliphatic heterocycles. The van der Waals surface area contributed by atoms with Crippen LogP contribution in [0.1, 0.15) is 71.6 Å². The smallest absolute Gasteiger partial charge is 0.330 e. The monoisotopic (exact) mass is 378 g/mol. The number of esters is 1. The normalized spacial score (nSPS) is 52.1. The van der Waals surface area contributed by atoms with E-state index >= 15 is 4.39 Å². The summed E-state index contributed by atoms with van der Waals surface area (Å²) in [6.45, 7) is 4.51. The van der Waals surface area contributed by atoms with E-state index in [-0.39, 0.29) is 34.7 Å². The van der Waals surface area contributed by atoms with Crippen molar-refractivity contribution in [1.29, 1.82) is 0 Å². The third-order valence-corrected chi connectivity index (χ3v) is 9.48. The second-order valence-corrected chi connectivity index (χ2v) is 10.3. The molecular weight excluding hydrogens is 343 g/mol. The highest BCUT2D eigenvalue weighted by molar-refractivity contribution is 5.81. The minimum Gasteiger partial charge on any atom is -0.466 e. The Hall–Kier alpha value is -0.900. The van der Waals surface area contributed by atoms with Crippen molar-refractivity contribution >= 4 is 5.97 Å². The molecule has 4 heteroatoms. The van der Waals surface area contributed by atoms with Crippen LogP contribution in [0.4, 0.5) is 4.39 Å². The molecule has 0 spiro atoms. The summed E-state index contributed by atoms with van der Waals surface area (Å²) in [5.74, 6) is 0.875. The van der Waals surface area contributed by atoms with Crippen molar-refractivity contribution in [3.05, 3.63) is 12.2 Å². The van der Waals surface area contributed by atoms with Gasteiger partial charge in [-0.1, -0.05) is 19.9 Å². The van der Waals surface area contributed by atoms with E-state index in [4.69, 9.17) is 4.74 Å². The van der Waals surface area contributed by atoms with Crippen molar-refractivity contribution < 1.29 is 19.0 Å². The van der Waals surface area contributed by atoms with Crippen molar-refractivity contribution in [1.82, 2.24) is 0 Å². The van der Waals surface area contributed by atoms with Crippen molar-refractivity contribution in [2.75, 3.05) is 7.11 Å². The Kier molecular flexibility index (Phi) is 4.73. The second kappa shape index (κ2) is 6.57. The molecule has 4 aliphatic rings. The summed E-state index contributed by atoms with van der Waals surface area (Å²) in [4.78, 5) is 11.5. The predicted octanol–water partition coefficient (Wildman–Crippen LogP) is 4.83. The number of halogens is 1. The van der Waals surface area contributed by atoms with E-state index in [1.807, 2.05) is 6.08 Å². The molecule has 0 amide bonds.